The molecule has 2 N–H and O–H groups in total. The number of nitrogens with zero attached hydrogens (tertiary/aromatic N) is 6. The summed E-state index contributed by atoms with van der Waals surface area (Å²) in [4.78, 5) is 19.2. The Morgan fingerprint density at radius 1 is 1.10 bits per heavy atom. The minimum Gasteiger partial charge on any atom is -0.508 e. The number of ether oxygens (including phenoxy) is 3. The highest BCUT2D eigenvalue weighted by Gasteiger charge is 2.49. The summed E-state index contributed by atoms with van der Waals surface area (Å²) < 4.78 is 50.2. The van der Waals surface area contributed by atoms with Crippen molar-refractivity contribution in [2.24, 2.45) is 0 Å². The van der Waals surface area contributed by atoms with Gasteiger partial charge in [0.1, 0.15) is 35.6 Å². The van der Waals surface area contributed by atoms with Crippen LogP contribution in [0, 0.1) is 18.2 Å². The first-order valence-corrected chi connectivity index (χ1v) is 16.9. The summed E-state index contributed by atoms with van der Waals surface area (Å²) in [5.74, 6) is 2.72. The minimum absolute atomic E-state index is 0.0438. The van der Waals surface area contributed by atoms with Gasteiger partial charge in [0, 0.05) is 55.6 Å². The Morgan fingerprint density at radius 3 is 2.71 bits per heavy atom. The molecule has 0 radical (unpaired) electrons. The van der Waals surface area contributed by atoms with Crippen molar-refractivity contribution in [1.82, 2.24) is 29.7 Å². The molecule has 13 heteroatoms. The van der Waals surface area contributed by atoms with Crippen LogP contribution in [0.5, 0.6) is 23.5 Å². The van der Waals surface area contributed by atoms with Gasteiger partial charge in [0.15, 0.2) is 11.5 Å². The number of imidazole rings is 1. The maximum Gasteiger partial charge on any atom is 0.320 e. The molecule has 4 aliphatic heterocycles. The fraction of sp³-hybridized carbons (Fsp3) is 0.514. The van der Waals surface area contributed by atoms with Gasteiger partial charge in [0.2, 0.25) is 0 Å². The third-order valence-electron chi connectivity index (χ3n) is 10.8. The number of benzene rings is 2. The lowest BCUT2D eigenvalue weighted by atomic mass is 9.93. The van der Waals surface area contributed by atoms with E-state index in [1.165, 1.54) is 18.2 Å². The highest BCUT2D eigenvalue weighted by atomic mass is 19.1. The third-order valence-corrected chi connectivity index (χ3v) is 10.8. The van der Waals surface area contributed by atoms with Crippen LogP contribution in [0.4, 0.5) is 14.6 Å². The van der Waals surface area contributed by atoms with Crippen LogP contribution in [0.1, 0.15) is 50.1 Å². The molecule has 5 aliphatic rings. The molecule has 250 valence electrons. The molecule has 2 aromatic carbocycles. The first-order chi connectivity index (χ1) is 23.4. The van der Waals surface area contributed by atoms with E-state index >= 15 is 0 Å². The molecule has 6 heterocycles. The summed E-state index contributed by atoms with van der Waals surface area (Å²) in [6, 6.07) is 6.56. The molecule has 48 heavy (non-hydrogen) atoms. The Morgan fingerprint density at radius 2 is 1.94 bits per heavy atom. The molecule has 4 atom stereocenters. The number of piperazine rings is 1. The molecule has 9 rings (SSSR count). The number of hydrogen-bond donors (Lipinski definition) is 2. The van der Waals surface area contributed by atoms with Gasteiger partial charge >= 0.3 is 12.0 Å². The number of phenols is 1. The van der Waals surface area contributed by atoms with Gasteiger partial charge in [-0.1, -0.05) is 12.0 Å². The second-order valence-electron chi connectivity index (χ2n) is 13.9. The van der Waals surface area contributed by atoms with Crippen molar-refractivity contribution >= 4 is 27.8 Å². The van der Waals surface area contributed by atoms with E-state index in [9.17, 15) is 13.9 Å². The van der Waals surface area contributed by atoms with Gasteiger partial charge in [-0.05, 0) is 56.2 Å². The summed E-state index contributed by atoms with van der Waals surface area (Å²) in [6.45, 7) is 4.12. The number of aromatic nitrogens is 4. The highest BCUT2D eigenvalue weighted by Crippen LogP contribution is 2.45. The van der Waals surface area contributed by atoms with Gasteiger partial charge in [-0.3, -0.25) is 9.47 Å². The molecule has 2 bridgehead atoms. The molecule has 0 amide bonds. The summed E-state index contributed by atoms with van der Waals surface area (Å²) in [6.07, 6.45) is 10.1. The van der Waals surface area contributed by atoms with E-state index in [1.54, 1.807) is 6.07 Å². The zero-order chi connectivity index (χ0) is 32.6. The van der Waals surface area contributed by atoms with E-state index in [0.717, 1.165) is 44.2 Å². The molecule has 4 saturated heterocycles. The third kappa shape index (κ3) is 4.92. The fourth-order valence-electron chi connectivity index (χ4n) is 8.41. The molecule has 4 aromatic rings. The van der Waals surface area contributed by atoms with Gasteiger partial charge in [-0.2, -0.15) is 15.0 Å². The maximum absolute atomic E-state index is 14.9. The topological polar surface area (TPSA) is 110 Å². The normalized spacial score (nSPS) is 27.3. The molecule has 5 fully saturated rings. The number of morpholine rings is 1. The number of phenolic OH excluding ortho intramolecular Hbond substituents is 1. The van der Waals surface area contributed by atoms with Gasteiger partial charge in [-0.25, -0.2) is 8.78 Å². The molecule has 2 aromatic heterocycles. The van der Waals surface area contributed by atoms with Crippen molar-refractivity contribution in [1.29, 1.82) is 0 Å². The molecule has 1 saturated carbocycles. The van der Waals surface area contributed by atoms with Gasteiger partial charge in [-0.15, -0.1) is 6.42 Å². The van der Waals surface area contributed by atoms with Crippen molar-refractivity contribution in [3.8, 4) is 35.9 Å². The van der Waals surface area contributed by atoms with E-state index in [2.05, 4.69) is 21.0 Å². The number of anilines is 1. The predicted molar refractivity (Wildman–Crippen MR) is 174 cm³/mol. The summed E-state index contributed by atoms with van der Waals surface area (Å²) in [5, 5.41) is 15.2. The number of aromatic hydroxyl groups is 1. The Hall–Kier alpha value is -4.25. The van der Waals surface area contributed by atoms with Crippen molar-refractivity contribution in [2.45, 2.75) is 68.4 Å². The smallest absolute Gasteiger partial charge is 0.320 e. The number of rotatable bonds is 7. The van der Waals surface area contributed by atoms with Crippen LogP contribution in [0.3, 0.4) is 0 Å². The number of nitrogens with one attached hydrogen (secondary N) is 1. The second kappa shape index (κ2) is 11.4. The van der Waals surface area contributed by atoms with Gasteiger partial charge in [0.05, 0.1) is 24.3 Å². The first kappa shape index (κ1) is 29.9. The van der Waals surface area contributed by atoms with Crippen molar-refractivity contribution in [2.75, 3.05) is 50.9 Å². The van der Waals surface area contributed by atoms with Crippen LogP contribution in [0.25, 0.3) is 21.9 Å². The zero-order valence-corrected chi connectivity index (χ0v) is 26.5. The van der Waals surface area contributed by atoms with Crippen LogP contribution in [-0.2, 0) is 4.74 Å². The average molecular weight is 658 g/mol. The highest BCUT2D eigenvalue weighted by molar-refractivity contribution is 5.95. The molecule has 1 aliphatic carbocycles. The lowest BCUT2D eigenvalue weighted by Gasteiger charge is -2.43. The van der Waals surface area contributed by atoms with E-state index in [4.69, 9.17) is 35.6 Å². The van der Waals surface area contributed by atoms with E-state index in [-0.39, 0.29) is 52.7 Å². The molecule has 2 unspecified atom stereocenters. The molecule has 11 nitrogen and oxygen atoms in total. The predicted octanol–water partition coefficient (Wildman–Crippen LogP) is 4.46. The Balaban J connectivity index is 1.17. The molecular weight excluding hydrogens is 620 g/mol. The number of alkyl halides is 1. The van der Waals surface area contributed by atoms with Gasteiger partial charge < -0.3 is 29.5 Å². The lowest BCUT2D eigenvalue weighted by molar-refractivity contribution is 0.0374. The minimum atomic E-state index is -0.870. The lowest BCUT2D eigenvalue weighted by Crippen LogP contribution is -2.63. The van der Waals surface area contributed by atoms with E-state index in [0.29, 0.717) is 68.1 Å². The van der Waals surface area contributed by atoms with E-state index < -0.39 is 12.0 Å². The van der Waals surface area contributed by atoms with Crippen LogP contribution in [0.15, 0.2) is 24.3 Å². The van der Waals surface area contributed by atoms with Crippen molar-refractivity contribution in [3.63, 3.8) is 0 Å². The number of terminal acetylenes is 1. The maximum atomic E-state index is 14.9. The number of fused-ring (bicyclic) bond motifs is 5. The van der Waals surface area contributed by atoms with Gasteiger partial charge in [0.25, 0.3) is 0 Å². The fourth-order valence-corrected chi connectivity index (χ4v) is 8.41. The van der Waals surface area contributed by atoms with Crippen LogP contribution in [0.2, 0.25) is 0 Å². The second-order valence-corrected chi connectivity index (χ2v) is 13.9. The molecule has 0 spiro atoms. The largest absolute Gasteiger partial charge is 0.508 e. The summed E-state index contributed by atoms with van der Waals surface area (Å²) in [7, 11) is 0. The summed E-state index contributed by atoms with van der Waals surface area (Å²) in [5.41, 5.74) is 0.810. The Kier molecular flexibility index (Phi) is 7.11. The monoisotopic (exact) mass is 657 g/mol. The van der Waals surface area contributed by atoms with Crippen LogP contribution >= 0.6 is 0 Å². The van der Waals surface area contributed by atoms with Crippen LogP contribution in [-0.4, -0.2) is 99.3 Å². The summed E-state index contributed by atoms with van der Waals surface area (Å²) >= 11 is 0. The number of hydrogen-bond acceptors (Lipinski definition) is 10. The first-order valence-electron chi connectivity index (χ1n) is 16.9. The standard InChI is InChI=1S/C35H37F2N7O4/c1-2-26-27(37)8-7-20-11-25(45)12-28(29(20)26)48-34-40-31-30(44(34)24-5-3-6-24)32(42-15-22-17-46-18-23(16-42)38-22)41-33(39-31)47-19-35-9-4-10-43(35)14-21(36)13-35/h1,7-8,11-12,21-24,38,45H,3-6,9-10,13-19H2/t21-,22?,23?,35+/m1/s1. The average Bonchev–Trinajstić information content (AvgIpc) is 3.68. The van der Waals surface area contributed by atoms with E-state index in [1.807, 2.05) is 4.57 Å². The zero-order valence-electron chi connectivity index (χ0n) is 26.5. The Labute approximate surface area is 276 Å². The Bertz CT molecular complexity index is 1950. The van der Waals surface area contributed by atoms with Crippen LogP contribution < -0.4 is 19.7 Å². The molecular formula is C35H37F2N7O4. The van der Waals surface area contributed by atoms with Crippen molar-refractivity contribution in [3.05, 3.63) is 35.6 Å². The number of halogens is 2. The quantitative estimate of drug-likeness (QED) is 0.277. The van der Waals surface area contributed by atoms with Crippen molar-refractivity contribution < 1.29 is 28.1 Å². The SMILES string of the molecule is C#Cc1c(F)ccc2cc(O)cc(Oc3nc4nc(OC[C@@]56CCCN5C[C@H](F)C6)nc(N5CC6COCC(C5)N6)c4n3C3CCC3)c12.